The zero-order valence-electron chi connectivity index (χ0n) is 17.3. The number of rotatable bonds is 7. The molecule has 0 bridgehead atoms. The Kier molecular flexibility index (Phi) is 5.99. The quantitative estimate of drug-likeness (QED) is 0.578. The van der Waals surface area contributed by atoms with Gasteiger partial charge in [0.05, 0.1) is 12.6 Å². The van der Waals surface area contributed by atoms with Crippen LogP contribution in [0.1, 0.15) is 16.7 Å². The molecule has 2 atom stereocenters. The topological polar surface area (TPSA) is 53.1 Å². The summed E-state index contributed by atoms with van der Waals surface area (Å²) < 4.78 is 6.69. The minimum atomic E-state index is -0.311. The van der Waals surface area contributed by atoms with Gasteiger partial charge in [0.1, 0.15) is 6.10 Å². The standard InChI is InChI=1S/C23H26BrN3O3/c1-16-7-8-19(24)12-20(16)25(2)9-10-26(15-28)14-22-21-11-17-5-3-4-6-18(17)13-27(21)23(29)30-22/h3-8,12,15,21-22H,9-11,13-14H2,1-2H3. The number of aryl methyl sites for hydroxylation is 1. The van der Waals surface area contributed by atoms with Crippen molar-refractivity contribution in [3.05, 3.63) is 63.6 Å². The Morgan fingerprint density at radius 3 is 2.73 bits per heavy atom. The Labute approximate surface area is 185 Å². The lowest BCUT2D eigenvalue weighted by atomic mass is 9.92. The molecule has 2 unspecified atom stereocenters. The maximum atomic E-state index is 12.4. The van der Waals surface area contributed by atoms with Gasteiger partial charge < -0.3 is 14.5 Å². The lowest BCUT2D eigenvalue weighted by molar-refractivity contribution is -0.119. The van der Waals surface area contributed by atoms with Crippen LogP contribution in [0, 0.1) is 6.92 Å². The third-order valence-electron chi connectivity index (χ3n) is 6.07. The van der Waals surface area contributed by atoms with Gasteiger partial charge in [-0.15, -0.1) is 0 Å². The Morgan fingerprint density at radius 2 is 1.97 bits per heavy atom. The van der Waals surface area contributed by atoms with Crippen LogP contribution in [0.4, 0.5) is 10.5 Å². The molecule has 0 saturated carbocycles. The summed E-state index contributed by atoms with van der Waals surface area (Å²) in [5.74, 6) is 0. The van der Waals surface area contributed by atoms with Gasteiger partial charge in [-0.1, -0.05) is 46.3 Å². The molecule has 2 heterocycles. The van der Waals surface area contributed by atoms with E-state index in [-0.39, 0.29) is 18.2 Å². The normalized spacial score (nSPS) is 19.7. The molecule has 2 amide bonds. The number of cyclic esters (lactones) is 1. The van der Waals surface area contributed by atoms with E-state index in [2.05, 4.69) is 52.0 Å². The highest BCUT2D eigenvalue weighted by Crippen LogP contribution is 2.31. The zero-order valence-corrected chi connectivity index (χ0v) is 18.8. The van der Waals surface area contributed by atoms with Gasteiger partial charge in [-0.05, 0) is 42.2 Å². The minimum absolute atomic E-state index is 0.0279. The lowest BCUT2D eigenvalue weighted by Crippen LogP contribution is -2.46. The second-order valence-corrected chi connectivity index (χ2v) is 8.96. The molecule has 0 aliphatic carbocycles. The molecule has 1 saturated heterocycles. The maximum absolute atomic E-state index is 12.4. The summed E-state index contributed by atoms with van der Waals surface area (Å²) in [5, 5.41) is 0. The summed E-state index contributed by atoms with van der Waals surface area (Å²) in [7, 11) is 2.02. The molecule has 2 aliphatic rings. The van der Waals surface area contributed by atoms with Crippen molar-refractivity contribution in [2.24, 2.45) is 0 Å². The van der Waals surface area contributed by atoms with Gasteiger partial charge in [-0.3, -0.25) is 9.69 Å². The van der Waals surface area contributed by atoms with E-state index in [0.29, 0.717) is 26.2 Å². The summed E-state index contributed by atoms with van der Waals surface area (Å²) in [4.78, 5) is 29.8. The van der Waals surface area contributed by atoms with Crippen LogP contribution in [-0.2, 0) is 22.5 Å². The molecule has 158 valence electrons. The van der Waals surface area contributed by atoms with Gasteiger partial charge in [0.15, 0.2) is 0 Å². The van der Waals surface area contributed by atoms with Crippen LogP contribution >= 0.6 is 15.9 Å². The summed E-state index contributed by atoms with van der Waals surface area (Å²) in [6, 6.07) is 14.3. The Hall–Kier alpha value is -2.54. The minimum Gasteiger partial charge on any atom is -0.442 e. The van der Waals surface area contributed by atoms with E-state index in [4.69, 9.17) is 4.74 Å². The number of ether oxygens (including phenoxy) is 1. The van der Waals surface area contributed by atoms with Gasteiger partial charge in [0.25, 0.3) is 0 Å². The van der Waals surface area contributed by atoms with E-state index in [1.54, 1.807) is 9.80 Å². The Balaban J connectivity index is 1.40. The highest BCUT2D eigenvalue weighted by atomic mass is 79.9. The van der Waals surface area contributed by atoms with Gasteiger partial charge in [-0.2, -0.15) is 0 Å². The third-order valence-corrected chi connectivity index (χ3v) is 6.57. The predicted octanol–water partition coefficient (Wildman–Crippen LogP) is 3.60. The number of benzene rings is 2. The summed E-state index contributed by atoms with van der Waals surface area (Å²) in [6.45, 7) is 4.30. The van der Waals surface area contributed by atoms with Crippen LogP contribution in [0.2, 0.25) is 0 Å². The van der Waals surface area contributed by atoms with Crippen LogP contribution in [-0.4, -0.2) is 61.1 Å². The number of hydrogen-bond donors (Lipinski definition) is 0. The SMILES string of the molecule is Cc1ccc(Br)cc1N(C)CCN(C=O)CC1OC(=O)N2Cc3ccccc3CC12. The lowest BCUT2D eigenvalue weighted by Gasteiger charge is -2.32. The van der Waals surface area contributed by atoms with Crippen LogP contribution in [0.3, 0.4) is 0 Å². The molecule has 2 aromatic rings. The van der Waals surface area contributed by atoms with Gasteiger partial charge >= 0.3 is 6.09 Å². The van der Waals surface area contributed by atoms with Crippen LogP contribution in [0.25, 0.3) is 0 Å². The second kappa shape index (κ2) is 8.68. The number of carbonyl (C=O) groups is 2. The highest BCUT2D eigenvalue weighted by molar-refractivity contribution is 9.10. The molecule has 4 rings (SSSR count). The number of hydrogen-bond acceptors (Lipinski definition) is 4. The Morgan fingerprint density at radius 1 is 1.20 bits per heavy atom. The molecule has 2 aliphatic heterocycles. The zero-order chi connectivity index (χ0) is 21.3. The van der Waals surface area contributed by atoms with E-state index in [1.807, 2.05) is 25.2 Å². The first-order valence-electron chi connectivity index (χ1n) is 10.2. The average Bonchev–Trinajstić information content (AvgIpc) is 3.05. The first-order valence-corrected chi connectivity index (χ1v) is 11.0. The first kappa shape index (κ1) is 20.7. The van der Waals surface area contributed by atoms with Gasteiger partial charge in [0, 0.05) is 36.8 Å². The van der Waals surface area contributed by atoms with Crippen LogP contribution in [0.5, 0.6) is 0 Å². The summed E-state index contributed by atoms with van der Waals surface area (Å²) in [6.07, 6.45) is 1.02. The largest absolute Gasteiger partial charge is 0.442 e. The molecular weight excluding hydrogens is 446 g/mol. The fourth-order valence-corrected chi connectivity index (χ4v) is 4.67. The number of carbonyl (C=O) groups excluding carboxylic acids is 2. The van der Waals surface area contributed by atoms with Crippen molar-refractivity contribution in [3.63, 3.8) is 0 Å². The molecule has 30 heavy (non-hydrogen) atoms. The number of halogens is 1. The number of nitrogens with zero attached hydrogens (tertiary/aromatic N) is 3. The molecule has 6 nitrogen and oxygen atoms in total. The number of amides is 2. The van der Waals surface area contributed by atoms with E-state index in [0.717, 1.165) is 23.0 Å². The molecule has 0 spiro atoms. The molecule has 7 heteroatoms. The fraction of sp³-hybridized carbons (Fsp3) is 0.391. The highest BCUT2D eigenvalue weighted by Gasteiger charge is 2.44. The number of anilines is 1. The molecular formula is C23H26BrN3O3. The van der Waals surface area contributed by atoms with Crippen molar-refractivity contribution in [2.45, 2.75) is 32.0 Å². The molecule has 0 aromatic heterocycles. The fourth-order valence-electron chi connectivity index (χ4n) is 4.32. The number of fused-ring (bicyclic) bond motifs is 2. The first-order chi connectivity index (χ1) is 14.5. The molecule has 2 aromatic carbocycles. The van der Waals surface area contributed by atoms with Crippen LogP contribution < -0.4 is 4.90 Å². The van der Waals surface area contributed by atoms with Gasteiger partial charge in [0.2, 0.25) is 6.41 Å². The van der Waals surface area contributed by atoms with Crippen molar-refractivity contribution in [1.29, 1.82) is 0 Å². The van der Waals surface area contributed by atoms with Crippen LogP contribution in [0.15, 0.2) is 46.9 Å². The Bertz CT molecular complexity index is 951. The number of likely N-dealkylation sites (N-methyl/N-ethyl adjacent to an activating group) is 1. The maximum Gasteiger partial charge on any atom is 0.410 e. The van der Waals surface area contributed by atoms with Crippen molar-refractivity contribution in [3.8, 4) is 0 Å². The van der Waals surface area contributed by atoms with E-state index >= 15 is 0 Å². The van der Waals surface area contributed by atoms with Crippen molar-refractivity contribution in [2.75, 3.05) is 31.6 Å². The van der Waals surface area contributed by atoms with Crippen molar-refractivity contribution >= 4 is 34.1 Å². The second-order valence-electron chi connectivity index (χ2n) is 8.04. The van der Waals surface area contributed by atoms with Crippen molar-refractivity contribution < 1.29 is 14.3 Å². The van der Waals surface area contributed by atoms with E-state index in [9.17, 15) is 9.59 Å². The smallest absolute Gasteiger partial charge is 0.410 e. The summed E-state index contributed by atoms with van der Waals surface area (Å²) >= 11 is 3.52. The van der Waals surface area contributed by atoms with E-state index in [1.165, 1.54) is 16.7 Å². The summed E-state index contributed by atoms with van der Waals surface area (Å²) in [5.41, 5.74) is 4.73. The molecule has 0 radical (unpaired) electrons. The van der Waals surface area contributed by atoms with Gasteiger partial charge in [-0.25, -0.2) is 4.79 Å². The monoisotopic (exact) mass is 471 g/mol. The average molecular weight is 472 g/mol. The van der Waals surface area contributed by atoms with E-state index < -0.39 is 0 Å². The predicted molar refractivity (Wildman–Crippen MR) is 120 cm³/mol. The molecule has 0 N–H and O–H groups in total. The third kappa shape index (κ3) is 4.17. The van der Waals surface area contributed by atoms with Crippen molar-refractivity contribution in [1.82, 2.24) is 9.80 Å². The molecule has 1 fully saturated rings.